The van der Waals surface area contributed by atoms with Gasteiger partial charge in [-0.2, -0.15) is 0 Å². The number of benzene rings is 2. The summed E-state index contributed by atoms with van der Waals surface area (Å²) in [7, 11) is 3.20. The summed E-state index contributed by atoms with van der Waals surface area (Å²) in [4.78, 5) is 12.0. The van der Waals surface area contributed by atoms with Gasteiger partial charge in [-0.05, 0) is 41.8 Å². The first-order chi connectivity index (χ1) is 11.1. The predicted molar refractivity (Wildman–Crippen MR) is 91.2 cm³/mol. The van der Waals surface area contributed by atoms with Gasteiger partial charge in [-0.3, -0.25) is 4.79 Å². The quantitative estimate of drug-likeness (QED) is 0.842. The molecule has 0 fully saturated rings. The van der Waals surface area contributed by atoms with Crippen LogP contribution in [-0.4, -0.2) is 20.1 Å². The van der Waals surface area contributed by atoms with Crippen LogP contribution in [0.1, 0.15) is 17.5 Å². The van der Waals surface area contributed by atoms with Crippen LogP contribution in [0.3, 0.4) is 0 Å². The molecular weight excluding hydrogens is 314 g/mol. The Bertz CT molecular complexity index is 673. The van der Waals surface area contributed by atoms with Crippen LogP contribution in [0.4, 0.5) is 0 Å². The third kappa shape index (κ3) is 5.18. The second-order valence-electron chi connectivity index (χ2n) is 5.10. The maximum Gasteiger partial charge on any atom is 0.220 e. The van der Waals surface area contributed by atoms with Gasteiger partial charge in [-0.25, -0.2) is 0 Å². The van der Waals surface area contributed by atoms with Gasteiger partial charge in [-0.1, -0.05) is 29.8 Å². The fourth-order valence-electron chi connectivity index (χ4n) is 2.19. The third-order valence-corrected chi connectivity index (χ3v) is 3.78. The molecule has 0 aliphatic rings. The predicted octanol–water partition coefficient (Wildman–Crippen LogP) is 3.61. The van der Waals surface area contributed by atoms with E-state index in [9.17, 15) is 4.79 Å². The van der Waals surface area contributed by atoms with Crippen molar-refractivity contribution in [3.05, 3.63) is 58.6 Å². The Balaban J connectivity index is 1.82. The summed E-state index contributed by atoms with van der Waals surface area (Å²) in [5.41, 5.74) is 2.01. The van der Waals surface area contributed by atoms with Gasteiger partial charge in [0.15, 0.2) is 0 Å². The number of carbonyl (C=O) groups excluding carboxylic acids is 1. The fourth-order valence-corrected chi connectivity index (χ4v) is 2.48. The van der Waals surface area contributed by atoms with E-state index in [-0.39, 0.29) is 5.91 Å². The molecule has 0 aliphatic heterocycles. The zero-order chi connectivity index (χ0) is 16.7. The number of methoxy groups -OCH3 is 2. The van der Waals surface area contributed by atoms with Gasteiger partial charge < -0.3 is 14.8 Å². The average molecular weight is 334 g/mol. The van der Waals surface area contributed by atoms with E-state index in [0.717, 1.165) is 16.9 Å². The lowest BCUT2D eigenvalue weighted by Crippen LogP contribution is -2.23. The number of halogens is 1. The molecule has 4 nitrogen and oxygen atoms in total. The van der Waals surface area contributed by atoms with E-state index in [4.69, 9.17) is 21.1 Å². The average Bonchev–Trinajstić information content (AvgIpc) is 2.58. The Kier molecular flexibility index (Phi) is 6.29. The van der Waals surface area contributed by atoms with Crippen molar-refractivity contribution in [3.8, 4) is 11.5 Å². The Morgan fingerprint density at radius 1 is 1.09 bits per heavy atom. The molecular formula is C18H20ClNO3. The van der Waals surface area contributed by atoms with Crippen LogP contribution >= 0.6 is 11.6 Å². The number of hydrogen-bond donors (Lipinski definition) is 1. The van der Waals surface area contributed by atoms with E-state index < -0.39 is 0 Å². The van der Waals surface area contributed by atoms with Gasteiger partial charge in [0.25, 0.3) is 0 Å². The van der Waals surface area contributed by atoms with Crippen LogP contribution in [0.25, 0.3) is 0 Å². The van der Waals surface area contributed by atoms with E-state index in [1.54, 1.807) is 26.4 Å². The summed E-state index contributed by atoms with van der Waals surface area (Å²) in [6.07, 6.45) is 1.10. The van der Waals surface area contributed by atoms with E-state index in [0.29, 0.717) is 30.2 Å². The topological polar surface area (TPSA) is 47.6 Å². The van der Waals surface area contributed by atoms with Gasteiger partial charge >= 0.3 is 0 Å². The first-order valence-corrected chi connectivity index (χ1v) is 7.72. The Morgan fingerprint density at radius 3 is 2.61 bits per heavy atom. The summed E-state index contributed by atoms with van der Waals surface area (Å²) < 4.78 is 10.3. The minimum Gasteiger partial charge on any atom is -0.497 e. The molecule has 5 heteroatoms. The van der Waals surface area contributed by atoms with Crippen molar-refractivity contribution in [2.75, 3.05) is 14.2 Å². The fraction of sp³-hybridized carbons (Fsp3) is 0.278. The number of nitrogens with one attached hydrogen (secondary N) is 1. The SMILES string of the molecule is COc1cccc(CCC(=O)NCc2ccc(OC)c(Cl)c2)c1. The normalized spacial score (nSPS) is 10.2. The van der Waals surface area contributed by atoms with Gasteiger partial charge in [0.2, 0.25) is 5.91 Å². The highest BCUT2D eigenvalue weighted by atomic mass is 35.5. The molecule has 0 saturated carbocycles. The lowest BCUT2D eigenvalue weighted by molar-refractivity contribution is -0.121. The van der Waals surface area contributed by atoms with Crippen molar-refractivity contribution in [2.24, 2.45) is 0 Å². The number of carbonyl (C=O) groups is 1. The molecule has 0 atom stereocenters. The van der Waals surface area contributed by atoms with Gasteiger partial charge in [0.05, 0.1) is 19.2 Å². The maximum atomic E-state index is 12.0. The first-order valence-electron chi connectivity index (χ1n) is 7.34. The van der Waals surface area contributed by atoms with Crippen LogP contribution in [-0.2, 0) is 17.8 Å². The molecule has 2 rings (SSSR count). The highest BCUT2D eigenvalue weighted by Gasteiger charge is 2.05. The zero-order valence-corrected chi connectivity index (χ0v) is 14.0. The van der Waals surface area contributed by atoms with E-state index in [2.05, 4.69) is 5.32 Å². The molecule has 2 aromatic rings. The van der Waals surface area contributed by atoms with Crippen LogP contribution in [0, 0.1) is 0 Å². The zero-order valence-electron chi connectivity index (χ0n) is 13.3. The Hall–Kier alpha value is -2.20. The minimum atomic E-state index is -0.000222. The number of amides is 1. The summed E-state index contributed by atoms with van der Waals surface area (Å²) in [5.74, 6) is 1.43. The highest BCUT2D eigenvalue weighted by Crippen LogP contribution is 2.24. The minimum absolute atomic E-state index is 0.000222. The number of hydrogen-bond acceptors (Lipinski definition) is 3. The number of ether oxygens (including phenoxy) is 2. The lowest BCUT2D eigenvalue weighted by atomic mass is 10.1. The van der Waals surface area contributed by atoms with Crippen molar-refractivity contribution in [3.63, 3.8) is 0 Å². The summed E-state index contributed by atoms with van der Waals surface area (Å²) in [5, 5.41) is 3.43. The summed E-state index contributed by atoms with van der Waals surface area (Å²) in [6, 6.07) is 13.2. The molecule has 0 saturated heterocycles. The van der Waals surface area contributed by atoms with Gasteiger partial charge in [-0.15, -0.1) is 0 Å². The summed E-state index contributed by atoms with van der Waals surface area (Å²) in [6.45, 7) is 0.445. The van der Waals surface area contributed by atoms with Crippen LogP contribution < -0.4 is 14.8 Å². The molecule has 0 spiro atoms. The van der Waals surface area contributed by atoms with Crippen molar-refractivity contribution in [2.45, 2.75) is 19.4 Å². The van der Waals surface area contributed by atoms with Crippen LogP contribution in [0.15, 0.2) is 42.5 Å². The smallest absolute Gasteiger partial charge is 0.220 e. The van der Waals surface area contributed by atoms with Gasteiger partial charge in [0, 0.05) is 13.0 Å². The number of rotatable bonds is 7. The monoisotopic (exact) mass is 333 g/mol. The molecule has 0 aromatic heterocycles. The largest absolute Gasteiger partial charge is 0.497 e. The molecule has 23 heavy (non-hydrogen) atoms. The number of aryl methyl sites for hydroxylation is 1. The van der Waals surface area contributed by atoms with Crippen molar-refractivity contribution in [1.29, 1.82) is 0 Å². The van der Waals surface area contributed by atoms with Crippen molar-refractivity contribution in [1.82, 2.24) is 5.32 Å². The lowest BCUT2D eigenvalue weighted by Gasteiger charge is -2.08. The molecule has 1 N–H and O–H groups in total. The third-order valence-electron chi connectivity index (χ3n) is 3.48. The molecule has 0 unspecified atom stereocenters. The Labute approximate surface area is 141 Å². The second kappa shape index (κ2) is 8.44. The molecule has 122 valence electrons. The first kappa shape index (κ1) is 17.2. The maximum absolute atomic E-state index is 12.0. The van der Waals surface area contributed by atoms with Crippen LogP contribution in [0.5, 0.6) is 11.5 Å². The van der Waals surface area contributed by atoms with Crippen LogP contribution in [0.2, 0.25) is 5.02 Å². The molecule has 0 aliphatic carbocycles. The van der Waals surface area contributed by atoms with E-state index >= 15 is 0 Å². The van der Waals surface area contributed by atoms with Gasteiger partial charge in [0.1, 0.15) is 11.5 Å². The molecule has 1 amide bonds. The second-order valence-corrected chi connectivity index (χ2v) is 5.50. The molecule has 0 bridgehead atoms. The molecule has 0 radical (unpaired) electrons. The summed E-state index contributed by atoms with van der Waals surface area (Å²) >= 11 is 6.07. The molecule has 0 heterocycles. The van der Waals surface area contributed by atoms with Crippen molar-refractivity contribution < 1.29 is 14.3 Å². The van der Waals surface area contributed by atoms with E-state index in [1.807, 2.05) is 30.3 Å². The molecule has 2 aromatic carbocycles. The highest BCUT2D eigenvalue weighted by molar-refractivity contribution is 6.32. The van der Waals surface area contributed by atoms with E-state index in [1.165, 1.54) is 0 Å². The Morgan fingerprint density at radius 2 is 1.91 bits per heavy atom. The van der Waals surface area contributed by atoms with Crippen molar-refractivity contribution >= 4 is 17.5 Å². The standard InChI is InChI=1S/C18H20ClNO3/c1-22-15-5-3-4-13(10-15)7-9-18(21)20-12-14-6-8-17(23-2)16(19)11-14/h3-6,8,10-11H,7,9,12H2,1-2H3,(H,20,21).